The van der Waals surface area contributed by atoms with Crippen molar-refractivity contribution in [3.63, 3.8) is 0 Å². The maximum Gasteiger partial charge on any atom is 0.416 e. The number of unbranched alkanes of at least 4 members (excludes halogenated alkanes) is 14. The van der Waals surface area contributed by atoms with Crippen LogP contribution in [0.3, 0.4) is 0 Å². The first-order valence-corrected chi connectivity index (χ1v) is 24.3. The van der Waals surface area contributed by atoms with Crippen molar-refractivity contribution in [1.82, 2.24) is 0 Å². The zero-order chi connectivity index (χ0) is 47.4. The van der Waals surface area contributed by atoms with Crippen LogP contribution in [0.15, 0.2) is 48.5 Å². The second kappa shape index (κ2) is 41.8. The predicted octanol–water partition coefficient (Wildman–Crippen LogP) is 10.5. The second-order valence-electron chi connectivity index (χ2n) is 15.7. The molecule has 0 amide bonds. The fourth-order valence-electron chi connectivity index (χ4n) is 6.54. The SMILES string of the molecule is CCCCCCCCCCCCCCCCCC(=O)OCCOCCOCCOCCOCCOCCOCCOCCOCCOC(=O)c1ccccc1Nc1cccc(C(F)(F)F)c1. The highest BCUT2D eigenvalue weighted by molar-refractivity contribution is 5.96. The summed E-state index contributed by atoms with van der Waals surface area (Å²) in [6, 6.07) is 11.1. The van der Waals surface area contributed by atoms with Crippen LogP contribution in [0.1, 0.15) is 126 Å². The fourth-order valence-corrected chi connectivity index (χ4v) is 6.54. The van der Waals surface area contributed by atoms with Crippen molar-refractivity contribution < 1.29 is 70.1 Å². The number of anilines is 2. The van der Waals surface area contributed by atoms with E-state index in [4.69, 9.17) is 47.4 Å². The Bertz CT molecular complexity index is 1450. The number of halogens is 3. The number of alkyl halides is 3. The monoisotopic (exact) mass is 944 g/mol. The molecule has 16 heteroatoms. The number of benzene rings is 2. The van der Waals surface area contributed by atoms with Crippen LogP contribution in [-0.4, -0.2) is 131 Å². The van der Waals surface area contributed by atoms with Gasteiger partial charge in [-0.3, -0.25) is 4.79 Å². The summed E-state index contributed by atoms with van der Waals surface area (Å²) in [5, 5.41) is 2.86. The zero-order valence-corrected chi connectivity index (χ0v) is 39.7. The molecule has 0 fully saturated rings. The number of hydrogen-bond acceptors (Lipinski definition) is 13. The van der Waals surface area contributed by atoms with Crippen LogP contribution in [0, 0.1) is 0 Å². The van der Waals surface area contributed by atoms with Gasteiger partial charge in [-0.25, -0.2) is 4.79 Å². The van der Waals surface area contributed by atoms with Gasteiger partial charge in [-0.2, -0.15) is 13.2 Å². The van der Waals surface area contributed by atoms with Gasteiger partial charge in [0, 0.05) is 12.1 Å². The van der Waals surface area contributed by atoms with Gasteiger partial charge in [0.05, 0.1) is 123 Å². The van der Waals surface area contributed by atoms with Gasteiger partial charge in [-0.05, 0) is 36.8 Å². The molecule has 66 heavy (non-hydrogen) atoms. The van der Waals surface area contributed by atoms with E-state index < -0.39 is 17.7 Å². The molecule has 2 aromatic rings. The Morgan fingerprint density at radius 1 is 0.455 bits per heavy atom. The average Bonchev–Trinajstić information content (AvgIpc) is 3.31. The standard InChI is InChI=1S/C50H80F3NO12/c1-2-3-4-5-6-7-8-9-10-11-12-13-14-15-16-24-48(55)65-41-39-63-37-35-61-33-31-59-29-27-57-25-26-58-28-30-60-32-34-62-36-38-64-40-42-66-49(56)46-22-17-18-23-47(46)54-45-21-19-20-44(43-45)50(51,52)53/h17-23,43,54H,2-16,24-42H2,1H3. The van der Waals surface area contributed by atoms with E-state index >= 15 is 0 Å². The number of rotatable bonds is 46. The quantitative estimate of drug-likeness (QED) is 0.0498. The van der Waals surface area contributed by atoms with E-state index in [2.05, 4.69) is 12.2 Å². The third-order valence-corrected chi connectivity index (χ3v) is 10.2. The number of esters is 2. The molecule has 0 aliphatic rings. The zero-order valence-electron chi connectivity index (χ0n) is 39.7. The van der Waals surface area contributed by atoms with Crippen LogP contribution in [0.5, 0.6) is 0 Å². The molecule has 0 spiro atoms. The Balaban J connectivity index is 1.23. The highest BCUT2D eigenvalue weighted by atomic mass is 19.4. The Kier molecular flexibility index (Phi) is 37.2. The van der Waals surface area contributed by atoms with Crippen LogP contribution in [0.2, 0.25) is 0 Å². The molecule has 0 unspecified atom stereocenters. The van der Waals surface area contributed by atoms with Gasteiger partial charge in [-0.15, -0.1) is 0 Å². The van der Waals surface area contributed by atoms with E-state index in [-0.39, 0.29) is 37.0 Å². The molecule has 0 bridgehead atoms. The number of carbonyl (C=O) groups excluding carboxylic acids is 2. The third kappa shape index (κ3) is 34.0. The van der Waals surface area contributed by atoms with Crippen molar-refractivity contribution in [3.05, 3.63) is 59.7 Å². The fraction of sp³-hybridized carbons (Fsp3) is 0.720. The van der Waals surface area contributed by atoms with Crippen LogP contribution >= 0.6 is 0 Å². The molecule has 0 aliphatic heterocycles. The lowest BCUT2D eigenvalue weighted by Gasteiger charge is -2.13. The predicted molar refractivity (Wildman–Crippen MR) is 249 cm³/mol. The molecule has 0 atom stereocenters. The Morgan fingerprint density at radius 2 is 0.833 bits per heavy atom. The Morgan fingerprint density at radius 3 is 1.26 bits per heavy atom. The molecule has 2 aromatic carbocycles. The van der Waals surface area contributed by atoms with Gasteiger partial charge in [-0.1, -0.05) is 115 Å². The van der Waals surface area contributed by atoms with Crippen molar-refractivity contribution in [1.29, 1.82) is 0 Å². The summed E-state index contributed by atoms with van der Waals surface area (Å²) < 4.78 is 93.7. The largest absolute Gasteiger partial charge is 0.463 e. The molecule has 0 heterocycles. The van der Waals surface area contributed by atoms with Crippen molar-refractivity contribution >= 4 is 23.3 Å². The third-order valence-electron chi connectivity index (χ3n) is 10.2. The molecule has 0 aliphatic carbocycles. The maximum absolute atomic E-state index is 13.1. The summed E-state index contributed by atoms with van der Waals surface area (Å²) in [6.07, 6.45) is 15.5. The number of nitrogens with one attached hydrogen (secondary N) is 1. The van der Waals surface area contributed by atoms with E-state index in [1.807, 2.05) is 0 Å². The topological polar surface area (TPSA) is 138 Å². The van der Waals surface area contributed by atoms with Crippen LogP contribution in [0.25, 0.3) is 0 Å². The van der Waals surface area contributed by atoms with E-state index in [1.54, 1.807) is 18.2 Å². The van der Waals surface area contributed by atoms with E-state index in [0.29, 0.717) is 111 Å². The molecule has 0 aromatic heterocycles. The van der Waals surface area contributed by atoms with Crippen LogP contribution < -0.4 is 5.32 Å². The van der Waals surface area contributed by atoms with Gasteiger partial charge >= 0.3 is 18.1 Å². The number of ether oxygens (including phenoxy) is 10. The minimum atomic E-state index is -4.48. The summed E-state index contributed by atoms with van der Waals surface area (Å²) in [5.41, 5.74) is -0.0963. The molecule has 378 valence electrons. The second-order valence-corrected chi connectivity index (χ2v) is 15.7. The van der Waals surface area contributed by atoms with Crippen LogP contribution in [-0.2, 0) is 58.3 Å². The molecular formula is C50H80F3NO12. The number of carbonyl (C=O) groups is 2. The molecule has 1 N–H and O–H groups in total. The van der Waals surface area contributed by atoms with Gasteiger partial charge in [0.2, 0.25) is 0 Å². The van der Waals surface area contributed by atoms with E-state index in [9.17, 15) is 22.8 Å². The van der Waals surface area contributed by atoms with Crippen molar-refractivity contribution in [2.75, 3.05) is 124 Å². The number of hydrogen-bond donors (Lipinski definition) is 1. The van der Waals surface area contributed by atoms with Gasteiger partial charge in [0.15, 0.2) is 0 Å². The maximum atomic E-state index is 13.1. The summed E-state index contributed by atoms with van der Waals surface area (Å²) >= 11 is 0. The first kappa shape index (κ1) is 58.8. The smallest absolute Gasteiger partial charge is 0.416 e. The van der Waals surface area contributed by atoms with Crippen LogP contribution in [0.4, 0.5) is 24.5 Å². The normalized spacial score (nSPS) is 11.6. The molecule has 13 nitrogen and oxygen atoms in total. The molecule has 0 saturated carbocycles. The lowest BCUT2D eigenvalue weighted by Crippen LogP contribution is -2.16. The van der Waals surface area contributed by atoms with E-state index in [1.165, 1.54) is 102 Å². The summed E-state index contributed by atoms with van der Waals surface area (Å²) in [5.74, 6) is -0.779. The minimum Gasteiger partial charge on any atom is -0.463 e. The van der Waals surface area contributed by atoms with Crippen molar-refractivity contribution in [2.24, 2.45) is 0 Å². The molecular weight excluding hydrogens is 864 g/mol. The van der Waals surface area contributed by atoms with Gasteiger partial charge in [0.25, 0.3) is 0 Å². The Hall–Kier alpha value is -3.35. The molecule has 2 rings (SSSR count). The minimum absolute atomic E-state index is 0.00520. The summed E-state index contributed by atoms with van der Waals surface area (Å²) in [4.78, 5) is 24.6. The van der Waals surface area contributed by atoms with Gasteiger partial charge < -0.3 is 52.7 Å². The van der Waals surface area contributed by atoms with E-state index in [0.717, 1.165) is 25.0 Å². The highest BCUT2D eigenvalue weighted by Crippen LogP contribution is 2.32. The summed E-state index contributed by atoms with van der Waals surface area (Å²) in [6.45, 7) is 8.88. The first-order chi connectivity index (χ1) is 32.3. The molecule has 0 radical (unpaired) electrons. The van der Waals surface area contributed by atoms with Crippen molar-refractivity contribution in [3.8, 4) is 0 Å². The summed E-state index contributed by atoms with van der Waals surface area (Å²) in [7, 11) is 0. The lowest BCUT2D eigenvalue weighted by molar-refractivity contribution is -0.145. The number of para-hydroxylation sites is 1. The average molecular weight is 944 g/mol. The first-order valence-electron chi connectivity index (χ1n) is 24.3. The van der Waals surface area contributed by atoms with Gasteiger partial charge in [0.1, 0.15) is 13.2 Å². The lowest BCUT2D eigenvalue weighted by atomic mass is 10.0. The highest BCUT2D eigenvalue weighted by Gasteiger charge is 2.30. The van der Waals surface area contributed by atoms with Crippen molar-refractivity contribution in [2.45, 2.75) is 116 Å². The Labute approximate surface area is 392 Å². The molecule has 0 saturated heterocycles.